The van der Waals surface area contributed by atoms with Crippen LogP contribution in [0.15, 0.2) is 60.7 Å². The molecule has 5 heteroatoms. The summed E-state index contributed by atoms with van der Waals surface area (Å²) >= 11 is 0. The van der Waals surface area contributed by atoms with Crippen LogP contribution in [0.4, 0.5) is 0 Å². The predicted molar refractivity (Wildman–Crippen MR) is 112 cm³/mol. The lowest BCUT2D eigenvalue weighted by molar-refractivity contribution is -0.116. The zero-order valence-corrected chi connectivity index (χ0v) is 15.8. The number of methoxy groups -OCH3 is 1. The van der Waals surface area contributed by atoms with Gasteiger partial charge in [-0.3, -0.25) is 9.78 Å². The Bertz CT molecular complexity index is 1170. The summed E-state index contributed by atoms with van der Waals surface area (Å²) in [6.45, 7) is 2.36. The summed E-state index contributed by atoms with van der Waals surface area (Å²) in [5.74, 6) is 0.630. The molecule has 2 N–H and O–H groups in total. The standard InChI is InChI=1S/C23H21N3O2/c1-15-23-20(19-5-3-4-6-21(19)26-23)13-17(25-15)14-24-22(27)12-9-16-7-10-18(28-2)11-8-16/h3-13,26H,14H2,1-2H3,(H,24,27)/b12-9+. The summed E-state index contributed by atoms with van der Waals surface area (Å²) in [7, 11) is 1.63. The van der Waals surface area contributed by atoms with E-state index >= 15 is 0 Å². The van der Waals surface area contributed by atoms with Crippen LogP contribution in [-0.2, 0) is 11.3 Å². The van der Waals surface area contributed by atoms with Gasteiger partial charge in [0, 0.05) is 22.4 Å². The molecule has 0 spiro atoms. The number of fused-ring (bicyclic) bond motifs is 3. The Kier molecular flexibility index (Phi) is 4.81. The van der Waals surface area contributed by atoms with Crippen LogP contribution in [-0.4, -0.2) is 23.0 Å². The molecule has 140 valence electrons. The van der Waals surface area contributed by atoms with E-state index in [9.17, 15) is 4.79 Å². The molecule has 0 bridgehead atoms. The molecule has 0 radical (unpaired) electrons. The topological polar surface area (TPSA) is 67.0 Å². The van der Waals surface area contributed by atoms with E-state index in [0.717, 1.165) is 44.5 Å². The second-order valence-corrected chi connectivity index (χ2v) is 6.62. The minimum Gasteiger partial charge on any atom is -0.497 e. The molecular weight excluding hydrogens is 350 g/mol. The Hall–Kier alpha value is -3.60. The molecule has 2 aromatic carbocycles. The Labute approximate surface area is 163 Å². The van der Waals surface area contributed by atoms with Gasteiger partial charge in [0.2, 0.25) is 5.91 Å². The van der Waals surface area contributed by atoms with E-state index in [-0.39, 0.29) is 5.91 Å². The molecule has 1 amide bonds. The van der Waals surface area contributed by atoms with Crippen LogP contribution in [0.5, 0.6) is 5.75 Å². The van der Waals surface area contributed by atoms with Crippen LogP contribution in [0.25, 0.3) is 27.9 Å². The van der Waals surface area contributed by atoms with Crippen LogP contribution < -0.4 is 10.1 Å². The summed E-state index contributed by atoms with van der Waals surface area (Å²) in [5.41, 5.74) is 4.82. The van der Waals surface area contributed by atoms with Crippen molar-refractivity contribution in [3.8, 4) is 5.75 Å². The van der Waals surface area contributed by atoms with Gasteiger partial charge in [-0.2, -0.15) is 0 Å². The third kappa shape index (κ3) is 3.60. The number of aromatic nitrogens is 2. The highest BCUT2D eigenvalue weighted by Gasteiger charge is 2.09. The average molecular weight is 371 g/mol. The molecule has 5 nitrogen and oxygen atoms in total. The molecule has 0 fully saturated rings. The fraction of sp³-hybridized carbons (Fsp3) is 0.130. The summed E-state index contributed by atoms with van der Waals surface area (Å²) in [6, 6.07) is 17.7. The minimum atomic E-state index is -0.158. The molecule has 0 aliphatic rings. The van der Waals surface area contributed by atoms with Gasteiger partial charge in [-0.1, -0.05) is 30.3 Å². The molecule has 0 aliphatic heterocycles. The molecule has 0 saturated heterocycles. The number of amides is 1. The van der Waals surface area contributed by atoms with E-state index in [1.54, 1.807) is 13.2 Å². The van der Waals surface area contributed by atoms with Crippen molar-refractivity contribution in [1.82, 2.24) is 15.3 Å². The van der Waals surface area contributed by atoms with Crippen LogP contribution >= 0.6 is 0 Å². The van der Waals surface area contributed by atoms with Gasteiger partial charge < -0.3 is 15.0 Å². The van der Waals surface area contributed by atoms with Gasteiger partial charge in [-0.15, -0.1) is 0 Å². The first-order chi connectivity index (χ1) is 13.6. The third-order valence-corrected chi connectivity index (χ3v) is 4.72. The molecule has 0 unspecified atom stereocenters. The van der Waals surface area contributed by atoms with Gasteiger partial charge in [0.05, 0.1) is 30.6 Å². The number of benzene rings is 2. The van der Waals surface area contributed by atoms with Gasteiger partial charge in [-0.05, 0) is 42.8 Å². The maximum absolute atomic E-state index is 12.2. The number of carbonyl (C=O) groups excluding carboxylic acids is 1. The SMILES string of the molecule is COc1ccc(/C=C/C(=O)NCc2cc3c([nH]c4ccccc43)c(C)n2)cc1. The van der Waals surface area contributed by atoms with Gasteiger partial charge in [0.15, 0.2) is 0 Å². The van der Waals surface area contributed by atoms with Crippen molar-refractivity contribution in [3.63, 3.8) is 0 Å². The highest BCUT2D eigenvalue weighted by Crippen LogP contribution is 2.27. The van der Waals surface area contributed by atoms with Crippen LogP contribution in [0.3, 0.4) is 0 Å². The number of nitrogens with zero attached hydrogens (tertiary/aromatic N) is 1. The molecule has 4 rings (SSSR count). The van der Waals surface area contributed by atoms with Crippen molar-refractivity contribution in [2.75, 3.05) is 7.11 Å². The average Bonchev–Trinajstić information content (AvgIpc) is 3.10. The number of hydrogen-bond acceptors (Lipinski definition) is 3. The summed E-state index contributed by atoms with van der Waals surface area (Å²) < 4.78 is 5.13. The number of carbonyl (C=O) groups is 1. The number of para-hydroxylation sites is 1. The maximum atomic E-state index is 12.2. The Morgan fingerprint density at radius 3 is 2.71 bits per heavy atom. The summed E-state index contributed by atoms with van der Waals surface area (Å²) in [6.07, 6.45) is 3.30. The van der Waals surface area contributed by atoms with Crippen molar-refractivity contribution in [1.29, 1.82) is 0 Å². The number of aromatic amines is 1. The van der Waals surface area contributed by atoms with E-state index < -0.39 is 0 Å². The first-order valence-electron chi connectivity index (χ1n) is 9.11. The predicted octanol–water partition coefficient (Wildman–Crippen LogP) is 4.36. The fourth-order valence-electron chi connectivity index (χ4n) is 3.28. The van der Waals surface area contributed by atoms with Crippen molar-refractivity contribution in [2.24, 2.45) is 0 Å². The monoisotopic (exact) mass is 371 g/mol. The van der Waals surface area contributed by atoms with Crippen LogP contribution in [0.1, 0.15) is 17.0 Å². The van der Waals surface area contributed by atoms with E-state index in [1.165, 1.54) is 6.08 Å². The first-order valence-corrected chi connectivity index (χ1v) is 9.11. The smallest absolute Gasteiger partial charge is 0.244 e. The largest absolute Gasteiger partial charge is 0.497 e. The molecule has 2 aromatic heterocycles. The van der Waals surface area contributed by atoms with E-state index in [1.807, 2.05) is 49.4 Å². The quantitative estimate of drug-likeness (QED) is 0.512. The summed E-state index contributed by atoms with van der Waals surface area (Å²) in [4.78, 5) is 20.2. The molecule has 2 heterocycles. The molecule has 0 saturated carbocycles. The Balaban J connectivity index is 1.48. The second kappa shape index (κ2) is 7.56. The first kappa shape index (κ1) is 17.8. The van der Waals surface area contributed by atoms with Crippen LogP contribution in [0, 0.1) is 6.92 Å². The number of hydrogen-bond donors (Lipinski definition) is 2. The Morgan fingerprint density at radius 2 is 1.93 bits per heavy atom. The zero-order chi connectivity index (χ0) is 19.5. The van der Waals surface area contributed by atoms with Gasteiger partial charge in [-0.25, -0.2) is 0 Å². The minimum absolute atomic E-state index is 0.158. The highest BCUT2D eigenvalue weighted by atomic mass is 16.5. The number of pyridine rings is 1. The molecule has 0 atom stereocenters. The van der Waals surface area contributed by atoms with Crippen LogP contribution in [0.2, 0.25) is 0 Å². The number of aryl methyl sites for hydroxylation is 1. The normalized spacial score (nSPS) is 11.4. The van der Waals surface area contributed by atoms with E-state index in [4.69, 9.17) is 4.74 Å². The molecule has 4 aromatic rings. The fourth-order valence-corrected chi connectivity index (χ4v) is 3.28. The lowest BCUT2D eigenvalue weighted by Crippen LogP contribution is -2.21. The molecule has 28 heavy (non-hydrogen) atoms. The Morgan fingerprint density at radius 1 is 1.14 bits per heavy atom. The summed E-state index contributed by atoms with van der Waals surface area (Å²) in [5, 5.41) is 5.19. The molecular formula is C23H21N3O2. The number of H-pyrrole nitrogens is 1. The number of nitrogens with one attached hydrogen (secondary N) is 2. The van der Waals surface area contributed by atoms with Gasteiger partial charge >= 0.3 is 0 Å². The lowest BCUT2D eigenvalue weighted by atomic mass is 10.1. The highest BCUT2D eigenvalue weighted by molar-refractivity contribution is 6.07. The van der Waals surface area contributed by atoms with Crippen molar-refractivity contribution in [2.45, 2.75) is 13.5 Å². The third-order valence-electron chi connectivity index (χ3n) is 4.72. The van der Waals surface area contributed by atoms with Crippen molar-refractivity contribution >= 4 is 33.8 Å². The lowest BCUT2D eigenvalue weighted by Gasteiger charge is -2.05. The van der Waals surface area contributed by atoms with Crippen molar-refractivity contribution in [3.05, 3.63) is 77.6 Å². The second-order valence-electron chi connectivity index (χ2n) is 6.62. The zero-order valence-electron chi connectivity index (χ0n) is 15.8. The van der Waals surface area contributed by atoms with Crippen molar-refractivity contribution < 1.29 is 9.53 Å². The van der Waals surface area contributed by atoms with Gasteiger partial charge in [0.1, 0.15) is 5.75 Å². The number of rotatable bonds is 5. The maximum Gasteiger partial charge on any atom is 0.244 e. The van der Waals surface area contributed by atoms with E-state index in [2.05, 4.69) is 27.4 Å². The molecule has 0 aliphatic carbocycles. The number of ether oxygens (including phenoxy) is 1. The van der Waals surface area contributed by atoms with Gasteiger partial charge in [0.25, 0.3) is 0 Å². The van der Waals surface area contributed by atoms with E-state index in [0.29, 0.717) is 6.54 Å².